The topological polar surface area (TPSA) is 97.9 Å². The minimum absolute atomic E-state index is 0.280. The maximum absolute atomic E-state index is 11.5. The third-order valence-corrected chi connectivity index (χ3v) is 6.12. The zero-order valence-electron chi connectivity index (χ0n) is 17.5. The van der Waals surface area contributed by atoms with Crippen LogP contribution in [-0.2, 0) is 0 Å². The van der Waals surface area contributed by atoms with E-state index in [0.717, 1.165) is 30.9 Å². The maximum atomic E-state index is 11.5. The second-order valence-electron chi connectivity index (χ2n) is 8.27. The van der Waals surface area contributed by atoms with Crippen molar-refractivity contribution in [2.75, 3.05) is 24.6 Å². The van der Waals surface area contributed by atoms with Crippen LogP contribution in [0.4, 0.5) is 5.82 Å². The number of rotatable bonds is 6. The van der Waals surface area contributed by atoms with Gasteiger partial charge in [0.05, 0.1) is 12.7 Å². The number of anilines is 1. The molecule has 0 spiro atoms. The van der Waals surface area contributed by atoms with Gasteiger partial charge in [0.25, 0.3) is 0 Å². The number of hydrogen-bond donors (Lipinski definition) is 2. The summed E-state index contributed by atoms with van der Waals surface area (Å²) in [6.07, 6.45) is 2.24. The van der Waals surface area contributed by atoms with Crippen LogP contribution in [0, 0.1) is 18.8 Å². The van der Waals surface area contributed by atoms with Gasteiger partial charge >= 0.3 is 0 Å². The minimum atomic E-state index is -0.535. The lowest BCUT2D eigenvalue weighted by atomic mass is 9.78. The molecule has 1 amide bonds. The number of carbonyl (C=O) groups excluding carboxylic acids is 1. The Morgan fingerprint density at radius 2 is 1.97 bits per heavy atom. The number of carbonyl (C=O) groups is 1. The summed E-state index contributed by atoms with van der Waals surface area (Å²) in [4.78, 5) is 18.1. The van der Waals surface area contributed by atoms with Crippen LogP contribution in [-0.4, -0.2) is 47.9 Å². The van der Waals surface area contributed by atoms with Crippen molar-refractivity contribution in [2.24, 2.45) is 17.6 Å². The van der Waals surface area contributed by atoms with Crippen LogP contribution in [0.2, 0.25) is 0 Å². The van der Waals surface area contributed by atoms with E-state index in [-0.39, 0.29) is 6.10 Å². The lowest BCUT2D eigenvalue weighted by molar-refractivity contribution is -0.0242. The number of aliphatic hydroxyl groups excluding tert-OH is 1. The molecule has 1 aliphatic carbocycles. The van der Waals surface area contributed by atoms with Crippen LogP contribution >= 0.6 is 0 Å². The molecule has 1 aromatic carbocycles. The van der Waals surface area contributed by atoms with E-state index >= 15 is 0 Å². The predicted molar refractivity (Wildman–Crippen MR) is 114 cm³/mol. The van der Waals surface area contributed by atoms with E-state index in [9.17, 15) is 9.90 Å². The lowest BCUT2D eigenvalue weighted by Crippen LogP contribution is -2.42. The summed E-state index contributed by atoms with van der Waals surface area (Å²) >= 11 is 0. The van der Waals surface area contributed by atoms with Crippen molar-refractivity contribution in [2.45, 2.75) is 38.9 Å². The molecule has 7 nitrogen and oxygen atoms in total. The Balaban J connectivity index is 1.46. The van der Waals surface area contributed by atoms with Gasteiger partial charge in [-0.3, -0.25) is 4.79 Å². The number of fused-ring (bicyclic) bond motifs is 1. The minimum Gasteiger partial charge on any atom is -0.490 e. The van der Waals surface area contributed by atoms with E-state index in [1.54, 1.807) is 18.3 Å². The summed E-state index contributed by atoms with van der Waals surface area (Å²) in [6.45, 7) is 6.14. The molecule has 7 heteroatoms. The molecule has 4 atom stereocenters. The highest BCUT2D eigenvalue weighted by atomic mass is 16.5. The molecule has 4 rings (SSSR count). The summed E-state index contributed by atoms with van der Waals surface area (Å²) in [6, 6.07) is 9.24. The number of pyridine rings is 1. The quantitative estimate of drug-likeness (QED) is 0.758. The zero-order valence-corrected chi connectivity index (χ0v) is 17.5. The standard InChI is InChI=1S/C23H29N3O4/c1-3-29-21-8-14(2)4-5-19(21)30-20-10-17-13-26(12-16(17)9-18(20)27)22-11-15(23(24)28)6-7-25-22/h4-8,11,16-18,20,27H,3,9-10,12-13H2,1-2H3,(H2,24,28)/t16-,17+,18+,20+/m0/s1. The molecule has 0 unspecified atom stereocenters. The Bertz CT molecular complexity index is 919. The first kappa shape index (κ1) is 20.5. The van der Waals surface area contributed by atoms with Gasteiger partial charge in [0, 0.05) is 24.8 Å². The SMILES string of the molecule is CCOc1cc(C)ccc1O[C@@H]1C[C@@H]2CN(c3cc(C(N)=O)ccn3)C[C@@H]2C[C@H]1O. The molecule has 3 N–H and O–H groups in total. The van der Waals surface area contributed by atoms with E-state index < -0.39 is 12.0 Å². The maximum Gasteiger partial charge on any atom is 0.248 e. The van der Waals surface area contributed by atoms with Gasteiger partial charge < -0.3 is 25.2 Å². The van der Waals surface area contributed by atoms with Gasteiger partial charge in [-0.15, -0.1) is 0 Å². The van der Waals surface area contributed by atoms with Gasteiger partial charge in [-0.05, 0) is 68.4 Å². The monoisotopic (exact) mass is 411 g/mol. The Morgan fingerprint density at radius 3 is 2.70 bits per heavy atom. The van der Waals surface area contributed by atoms with Gasteiger partial charge in [0.1, 0.15) is 11.9 Å². The average molecular weight is 412 g/mol. The molecule has 2 fully saturated rings. The van der Waals surface area contributed by atoms with E-state index in [2.05, 4.69) is 9.88 Å². The van der Waals surface area contributed by atoms with E-state index in [4.69, 9.17) is 15.2 Å². The van der Waals surface area contributed by atoms with Crippen molar-refractivity contribution >= 4 is 11.7 Å². The molecule has 2 heterocycles. The number of ether oxygens (including phenoxy) is 2. The largest absolute Gasteiger partial charge is 0.490 e. The molecule has 1 aliphatic heterocycles. The fourth-order valence-electron chi connectivity index (χ4n) is 4.59. The lowest BCUT2D eigenvalue weighted by Gasteiger charge is -2.35. The third-order valence-electron chi connectivity index (χ3n) is 6.12. The number of hydrogen-bond acceptors (Lipinski definition) is 6. The Morgan fingerprint density at radius 1 is 1.20 bits per heavy atom. The second-order valence-corrected chi connectivity index (χ2v) is 8.27. The highest BCUT2D eigenvalue weighted by Gasteiger charge is 2.43. The third kappa shape index (κ3) is 4.21. The number of nitrogens with two attached hydrogens (primary N) is 1. The Hall–Kier alpha value is -2.80. The molecule has 2 aliphatic rings. The number of aromatic nitrogens is 1. The fourth-order valence-corrected chi connectivity index (χ4v) is 4.59. The number of aliphatic hydroxyl groups is 1. The first-order valence-electron chi connectivity index (χ1n) is 10.5. The number of nitrogens with zero attached hydrogens (tertiary/aromatic N) is 2. The van der Waals surface area contributed by atoms with Gasteiger partial charge in [-0.25, -0.2) is 4.98 Å². The highest BCUT2D eigenvalue weighted by Crippen LogP contribution is 2.40. The van der Waals surface area contributed by atoms with Crippen LogP contribution < -0.4 is 20.1 Å². The van der Waals surface area contributed by atoms with Crippen LogP contribution in [0.25, 0.3) is 0 Å². The number of benzene rings is 1. The fraction of sp³-hybridized carbons (Fsp3) is 0.478. The summed E-state index contributed by atoms with van der Waals surface area (Å²) < 4.78 is 12.0. The number of primary amides is 1. The summed E-state index contributed by atoms with van der Waals surface area (Å²) in [7, 11) is 0. The van der Waals surface area contributed by atoms with Crippen LogP contribution in [0.1, 0.15) is 35.7 Å². The smallest absolute Gasteiger partial charge is 0.248 e. The number of amides is 1. The summed E-state index contributed by atoms with van der Waals surface area (Å²) in [5, 5.41) is 10.8. The van der Waals surface area contributed by atoms with Gasteiger partial charge in [-0.2, -0.15) is 0 Å². The van der Waals surface area contributed by atoms with Crippen molar-refractivity contribution in [3.8, 4) is 11.5 Å². The van der Waals surface area contributed by atoms with Gasteiger partial charge in [0.2, 0.25) is 5.91 Å². The molecule has 1 saturated carbocycles. The molecule has 160 valence electrons. The Labute approximate surface area is 176 Å². The molecular formula is C23H29N3O4. The molecular weight excluding hydrogens is 382 g/mol. The normalized spacial score (nSPS) is 25.6. The van der Waals surface area contributed by atoms with Crippen molar-refractivity contribution in [1.82, 2.24) is 4.98 Å². The molecule has 2 aromatic rings. The molecule has 1 aromatic heterocycles. The molecule has 30 heavy (non-hydrogen) atoms. The Kier molecular flexibility index (Phi) is 5.81. The second kappa shape index (κ2) is 8.52. The van der Waals surface area contributed by atoms with E-state index in [1.165, 1.54) is 0 Å². The van der Waals surface area contributed by atoms with Crippen molar-refractivity contribution in [1.29, 1.82) is 0 Å². The average Bonchev–Trinajstić information content (AvgIpc) is 3.13. The zero-order chi connectivity index (χ0) is 21.3. The van der Waals surface area contributed by atoms with Gasteiger partial charge in [0.15, 0.2) is 11.5 Å². The van der Waals surface area contributed by atoms with Crippen molar-refractivity contribution < 1.29 is 19.4 Å². The highest BCUT2D eigenvalue weighted by molar-refractivity contribution is 5.93. The predicted octanol–water partition coefficient (Wildman–Crippen LogP) is 2.54. The van der Waals surface area contributed by atoms with Crippen LogP contribution in [0.3, 0.4) is 0 Å². The summed E-state index contributed by atoms with van der Waals surface area (Å²) in [5.41, 5.74) is 6.97. The molecule has 0 radical (unpaired) electrons. The van der Waals surface area contributed by atoms with Gasteiger partial charge in [-0.1, -0.05) is 6.07 Å². The molecule has 1 saturated heterocycles. The van der Waals surface area contributed by atoms with Crippen molar-refractivity contribution in [3.05, 3.63) is 47.7 Å². The molecule has 0 bridgehead atoms. The van der Waals surface area contributed by atoms with Crippen LogP contribution in [0.15, 0.2) is 36.5 Å². The van der Waals surface area contributed by atoms with Crippen molar-refractivity contribution in [3.63, 3.8) is 0 Å². The van der Waals surface area contributed by atoms with E-state index in [0.29, 0.717) is 41.9 Å². The van der Waals surface area contributed by atoms with E-state index in [1.807, 2.05) is 32.0 Å². The van der Waals surface area contributed by atoms with Crippen LogP contribution in [0.5, 0.6) is 11.5 Å². The number of aryl methyl sites for hydroxylation is 1. The summed E-state index contributed by atoms with van der Waals surface area (Å²) in [5.74, 6) is 2.44. The first-order chi connectivity index (χ1) is 14.4. The first-order valence-corrected chi connectivity index (χ1v) is 10.5.